The standard InChI is InChI=1S/C6H5F2NO3S/c7-3-1-2-4(10)5(8)6(3)13(9,11)12/h1-2,10H,(H2,9,11,12). The predicted molar refractivity (Wildman–Crippen MR) is 39.4 cm³/mol. The summed E-state index contributed by atoms with van der Waals surface area (Å²) in [6, 6.07) is 1.30. The molecule has 1 aromatic carbocycles. The maximum atomic E-state index is 12.8. The lowest BCUT2D eigenvalue weighted by Gasteiger charge is -2.02. The number of benzene rings is 1. The first-order chi connectivity index (χ1) is 5.84. The lowest BCUT2D eigenvalue weighted by Crippen LogP contribution is -2.16. The number of phenolic OH excluding ortho intramolecular Hbond substituents is 1. The number of hydrogen-bond donors (Lipinski definition) is 2. The summed E-state index contributed by atoms with van der Waals surface area (Å²) >= 11 is 0. The van der Waals surface area contributed by atoms with Crippen molar-refractivity contribution in [3.8, 4) is 5.75 Å². The minimum absolute atomic E-state index is 0.609. The van der Waals surface area contributed by atoms with Gasteiger partial charge < -0.3 is 5.11 Å². The molecule has 0 saturated carbocycles. The van der Waals surface area contributed by atoms with E-state index in [-0.39, 0.29) is 0 Å². The van der Waals surface area contributed by atoms with Crippen LogP contribution >= 0.6 is 0 Å². The van der Waals surface area contributed by atoms with E-state index >= 15 is 0 Å². The minimum Gasteiger partial charge on any atom is -0.505 e. The Morgan fingerprint density at radius 3 is 2.23 bits per heavy atom. The molecule has 0 spiro atoms. The van der Waals surface area contributed by atoms with Gasteiger partial charge in [-0.2, -0.15) is 0 Å². The minimum atomic E-state index is -4.50. The van der Waals surface area contributed by atoms with Crippen molar-refractivity contribution < 1.29 is 22.3 Å². The second-order valence-electron chi connectivity index (χ2n) is 2.25. The van der Waals surface area contributed by atoms with Crippen LogP contribution in [-0.2, 0) is 10.0 Å². The zero-order chi connectivity index (χ0) is 10.2. The van der Waals surface area contributed by atoms with Crippen molar-refractivity contribution in [2.75, 3.05) is 0 Å². The van der Waals surface area contributed by atoms with Gasteiger partial charge in [0.25, 0.3) is 0 Å². The molecule has 0 aliphatic rings. The highest BCUT2D eigenvalue weighted by Crippen LogP contribution is 2.24. The Bertz CT molecular complexity index is 443. The van der Waals surface area contributed by atoms with Gasteiger partial charge in [-0.15, -0.1) is 0 Å². The molecule has 0 aromatic heterocycles. The summed E-state index contributed by atoms with van der Waals surface area (Å²) < 4.78 is 46.8. The summed E-state index contributed by atoms with van der Waals surface area (Å²) in [7, 11) is -4.50. The summed E-state index contributed by atoms with van der Waals surface area (Å²) in [6.45, 7) is 0. The van der Waals surface area contributed by atoms with E-state index < -0.39 is 32.3 Å². The number of aromatic hydroxyl groups is 1. The van der Waals surface area contributed by atoms with Gasteiger partial charge in [-0.3, -0.25) is 0 Å². The Kier molecular flexibility index (Phi) is 2.22. The number of sulfonamides is 1. The Morgan fingerprint density at radius 2 is 1.85 bits per heavy atom. The second-order valence-corrected chi connectivity index (χ2v) is 3.75. The SMILES string of the molecule is NS(=O)(=O)c1c(F)ccc(O)c1F. The van der Waals surface area contributed by atoms with E-state index in [4.69, 9.17) is 5.11 Å². The van der Waals surface area contributed by atoms with Gasteiger partial charge in [-0.25, -0.2) is 22.3 Å². The molecule has 0 saturated heterocycles. The lowest BCUT2D eigenvalue weighted by molar-refractivity contribution is 0.412. The Labute approximate surface area is 72.7 Å². The number of primary sulfonamides is 1. The van der Waals surface area contributed by atoms with Crippen LogP contribution in [-0.4, -0.2) is 13.5 Å². The molecular weight excluding hydrogens is 204 g/mol. The van der Waals surface area contributed by atoms with Crippen molar-refractivity contribution in [3.05, 3.63) is 23.8 Å². The van der Waals surface area contributed by atoms with Gasteiger partial charge in [0.1, 0.15) is 5.82 Å². The molecule has 3 N–H and O–H groups in total. The molecule has 4 nitrogen and oxygen atoms in total. The van der Waals surface area contributed by atoms with Gasteiger partial charge in [-0.1, -0.05) is 0 Å². The summed E-state index contributed by atoms with van der Waals surface area (Å²) in [5, 5.41) is 13.2. The van der Waals surface area contributed by atoms with E-state index in [2.05, 4.69) is 5.14 Å². The van der Waals surface area contributed by atoms with Crippen LogP contribution in [0.5, 0.6) is 5.75 Å². The molecule has 0 heterocycles. The van der Waals surface area contributed by atoms with E-state index in [1.165, 1.54) is 0 Å². The summed E-state index contributed by atoms with van der Waals surface area (Å²) in [6.07, 6.45) is 0. The molecule has 7 heteroatoms. The van der Waals surface area contributed by atoms with Crippen molar-refractivity contribution >= 4 is 10.0 Å². The van der Waals surface area contributed by atoms with E-state index in [9.17, 15) is 17.2 Å². The molecule has 0 bridgehead atoms. The number of halogens is 2. The maximum Gasteiger partial charge on any atom is 0.244 e. The smallest absolute Gasteiger partial charge is 0.244 e. The van der Waals surface area contributed by atoms with Gasteiger partial charge in [-0.05, 0) is 12.1 Å². The van der Waals surface area contributed by atoms with Gasteiger partial charge in [0.2, 0.25) is 10.0 Å². The van der Waals surface area contributed by atoms with Gasteiger partial charge in [0.05, 0.1) is 0 Å². The first kappa shape index (κ1) is 9.87. The van der Waals surface area contributed by atoms with Crippen molar-refractivity contribution in [1.29, 1.82) is 0 Å². The van der Waals surface area contributed by atoms with E-state index in [0.717, 1.165) is 0 Å². The molecule has 0 aliphatic carbocycles. The number of hydrogen-bond acceptors (Lipinski definition) is 3. The van der Waals surface area contributed by atoms with E-state index in [1.807, 2.05) is 0 Å². The summed E-state index contributed by atoms with van der Waals surface area (Å²) in [5.41, 5.74) is 0. The number of rotatable bonds is 1. The van der Waals surface area contributed by atoms with E-state index in [1.54, 1.807) is 0 Å². The van der Waals surface area contributed by atoms with Crippen molar-refractivity contribution in [2.45, 2.75) is 4.90 Å². The predicted octanol–water partition coefficient (Wildman–Crippen LogP) is 0.318. The Balaban J connectivity index is 3.62. The second kappa shape index (κ2) is 2.93. The highest BCUT2D eigenvalue weighted by atomic mass is 32.2. The number of nitrogens with two attached hydrogens (primary N) is 1. The first-order valence-corrected chi connectivity index (χ1v) is 4.58. The lowest BCUT2D eigenvalue weighted by atomic mass is 10.3. The fourth-order valence-corrected chi connectivity index (χ4v) is 1.48. The zero-order valence-electron chi connectivity index (χ0n) is 6.16. The molecule has 1 rings (SSSR count). The normalized spacial score (nSPS) is 11.6. The average molecular weight is 209 g/mol. The topological polar surface area (TPSA) is 80.4 Å². The Morgan fingerprint density at radius 1 is 1.31 bits per heavy atom. The van der Waals surface area contributed by atoms with Crippen LogP contribution in [0.15, 0.2) is 17.0 Å². The van der Waals surface area contributed by atoms with Crippen LogP contribution in [0.2, 0.25) is 0 Å². The summed E-state index contributed by atoms with van der Waals surface area (Å²) in [5.74, 6) is -3.88. The molecular formula is C6H5F2NO3S. The van der Waals surface area contributed by atoms with E-state index in [0.29, 0.717) is 12.1 Å². The molecule has 13 heavy (non-hydrogen) atoms. The molecule has 0 fully saturated rings. The Hall–Kier alpha value is -1.21. The highest BCUT2D eigenvalue weighted by Gasteiger charge is 2.22. The zero-order valence-corrected chi connectivity index (χ0v) is 6.98. The largest absolute Gasteiger partial charge is 0.505 e. The van der Waals surface area contributed by atoms with Crippen molar-refractivity contribution in [3.63, 3.8) is 0 Å². The fourth-order valence-electron chi connectivity index (χ4n) is 0.783. The average Bonchev–Trinajstić information content (AvgIpc) is 1.95. The van der Waals surface area contributed by atoms with Crippen LogP contribution < -0.4 is 5.14 Å². The molecule has 0 aliphatic heterocycles. The third kappa shape index (κ3) is 1.76. The van der Waals surface area contributed by atoms with Crippen LogP contribution in [0.3, 0.4) is 0 Å². The molecule has 72 valence electrons. The monoisotopic (exact) mass is 209 g/mol. The van der Waals surface area contributed by atoms with Gasteiger partial charge >= 0.3 is 0 Å². The van der Waals surface area contributed by atoms with Crippen LogP contribution in [0.4, 0.5) is 8.78 Å². The summed E-state index contributed by atoms with van der Waals surface area (Å²) in [4.78, 5) is -1.33. The third-order valence-corrected chi connectivity index (χ3v) is 2.26. The van der Waals surface area contributed by atoms with Crippen LogP contribution in [0.25, 0.3) is 0 Å². The van der Waals surface area contributed by atoms with Gasteiger partial charge in [0.15, 0.2) is 16.5 Å². The molecule has 0 atom stereocenters. The first-order valence-electron chi connectivity index (χ1n) is 3.04. The molecule has 0 unspecified atom stereocenters. The molecule has 0 radical (unpaired) electrons. The maximum absolute atomic E-state index is 12.8. The fraction of sp³-hybridized carbons (Fsp3) is 0. The van der Waals surface area contributed by atoms with Gasteiger partial charge in [0, 0.05) is 0 Å². The molecule has 1 aromatic rings. The van der Waals surface area contributed by atoms with Crippen LogP contribution in [0.1, 0.15) is 0 Å². The van der Waals surface area contributed by atoms with Crippen molar-refractivity contribution in [1.82, 2.24) is 0 Å². The third-order valence-electron chi connectivity index (χ3n) is 1.31. The molecule has 0 amide bonds. The van der Waals surface area contributed by atoms with Crippen molar-refractivity contribution in [2.24, 2.45) is 5.14 Å². The number of phenols is 1. The van der Waals surface area contributed by atoms with Crippen LogP contribution in [0, 0.1) is 11.6 Å². The quantitative estimate of drug-likeness (QED) is 0.698. The highest BCUT2D eigenvalue weighted by molar-refractivity contribution is 7.89.